The van der Waals surface area contributed by atoms with Crippen LogP contribution in [0.2, 0.25) is 0 Å². The van der Waals surface area contributed by atoms with Crippen molar-refractivity contribution in [3.05, 3.63) is 0 Å². The van der Waals surface area contributed by atoms with Crippen LogP contribution in [0.25, 0.3) is 0 Å². The molecule has 2 heterocycles. The van der Waals surface area contributed by atoms with Crippen LogP contribution in [-0.4, -0.2) is 88.1 Å². The fourth-order valence-corrected chi connectivity index (χ4v) is 4.50. The Hall–Kier alpha value is -1.97. The number of hydrogen-bond acceptors (Lipinski definition) is 6. The lowest BCUT2D eigenvalue weighted by atomic mass is 9.94. The molecular weight excluding hydrogens is 422 g/mol. The summed E-state index contributed by atoms with van der Waals surface area (Å²) in [4.78, 5) is 52.6. The average molecular weight is 458 g/mol. The lowest BCUT2D eigenvalue weighted by molar-refractivity contribution is -0.151. The molecule has 0 aromatic heterocycles. The molecule has 10 heteroatoms. The van der Waals surface area contributed by atoms with Gasteiger partial charge in [-0.3, -0.25) is 9.59 Å². The zero-order chi connectivity index (χ0) is 23.2. The molecule has 2 N–H and O–H groups in total. The molecule has 0 aliphatic carbocycles. The van der Waals surface area contributed by atoms with Gasteiger partial charge in [-0.25, -0.2) is 9.59 Å². The Bertz CT molecular complexity index is 673. The van der Waals surface area contributed by atoms with Crippen molar-refractivity contribution in [3.63, 3.8) is 0 Å². The van der Waals surface area contributed by atoms with Crippen LogP contribution in [0.15, 0.2) is 0 Å². The summed E-state index contributed by atoms with van der Waals surface area (Å²) in [6.07, 6.45) is 4.00. The second-order valence-electron chi connectivity index (χ2n) is 9.11. The van der Waals surface area contributed by atoms with Crippen LogP contribution in [0.1, 0.15) is 52.9 Å². The van der Waals surface area contributed by atoms with Crippen molar-refractivity contribution in [2.45, 2.75) is 70.6 Å². The predicted molar refractivity (Wildman–Crippen MR) is 118 cm³/mol. The highest BCUT2D eigenvalue weighted by Gasteiger charge is 2.39. The Balaban J connectivity index is 1.93. The molecule has 2 aliphatic heterocycles. The van der Waals surface area contributed by atoms with Gasteiger partial charge in [-0.1, -0.05) is 0 Å². The monoisotopic (exact) mass is 457 g/mol. The minimum Gasteiger partial charge on any atom is -0.480 e. The van der Waals surface area contributed by atoms with Crippen molar-refractivity contribution in [1.82, 2.24) is 15.1 Å². The Morgan fingerprint density at radius 1 is 1.13 bits per heavy atom. The Morgan fingerprint density at radius 2 is 1.77 bits per heavy atom. The lowest BCUT2D eigenvalue weighted by Crippen LogP contribution is -2.53. The van der Waals surface area contributed by atoms with Gasteiger partial charge in [0.25, 0.3) is 0 Å². The summed E-state index contributed by atoms with van der Waals surface area (Å²) in [7, 11) is 0. The maximum absolute atomic E-state index is 13.1. The van der Waals surface area contributed by atoms with E-state index in [9.17, 15) is 24.3 Å². The molecule has 2 atom stereocenters. The summed E-state index contributed by atoms with van der Waals surface area (Å²) >= 11 is 1.59. The first-order valence-corrected chi connectivity index (χ1v) is 12.2. The number of amides is 3. The summed E-state index contributed by atoms with van der Waals surface area (Å²) in [6.45, 7) is 6.60. The average Bonchev–Trinajstić information content (AvgIpc) is 3.19. The van der Waals surface area contributed by atoms with E-state index in [1.807, 2.05) is 6.26 Å². The largest absolute Gasteiger partial charge is 0.480 e. The number of nitrogens with zero attached hydrogens (tertiary/aromatic N) is 2. The number of carbonyl (C=O) groups is 4. The number of rotatable bonds is 7. The number of piperidine rings is 1. The maximum atomic E-state index is 13.1. The van der Waals surface area contributed by atoms with E-state index < -0.39 is 29.7 Å². The number of carboxylic acid groups (broad SMARTS) is 1. The van der Waals surface area contributed by atoms with Crippen LogP contribution in [0.3, 0.4) is 0 Å². The van der Waals surface area contributed by atoms with Crippen molar-refractivity contribution in [1.29, 1.82) is 0 Å². The molecule has 176 valence electrons. The van der Waals surface area contributed by atoms with Gasteiger partial charge in [0.2, 0.25) is 11.8 Å². The number of nitrogens with one attached hydrogen (secondary N) is 1. The normalized spacial score (nSPS) is 21.0. The van der Waals surface area contributed by atoms with Crippen molar-refractivity contribution >= 4 is 35.6 Å². The summed E-state index contributed by atoms with van der Waals surface area (Å²) in [5, 5.41) is 12.0. The molecule has 31 heavy (non-hydrogen) atoms. The van der Waals surface area contributed by atoms with E-state index in [0.29, 0.717) is 57.5 Å². The van der Waals surface area contributed by atoms with Gasteiger partial charge in [-0.15, -0.1) is 0 Å². The van der Waals surface area contributed by atoms with Crippen LogP contribution in [-0.2, 0) is 19.1 Å². The predicted octanol–water partition coefficient (Wildman–Crippen LogP) is 1.95. The second kappa shape index (κ2) is 11.1. The lowest BCUT2D eigenvalue weighted by Gasteiger charge is -2.36. The number of carboxylic acids is 1. The molecule has 0 saturated carbocycles. The number of ether oxygens (including phenoxy) is 1. The van der Waals surface area contributed by atoms with Gasteiger partial charge in [0.05, 0.1) is 0 Å². The van der Waals surface area contributed by atoms with Crippen LogP contribution in [0.5, 0.6) is 0 Å². The second-order valence-corrected chi connectivity index (χ2v) is 10.1. The highest BCUT2D eigenvalue weighted by atomic mass is 32.2. The van der Waals surface area contributed by atoms with Crippen molar-refractivity contribution in [2.75, 3.05) is 31.6 Å². The van der Waals surface area contributed by atoms with E-state index in [0.717, 1.165) is 0 Å². The zero-order valence-electron chi connectivity index (χ0n) is 18.9. The van der Waals surface area contributed by atoms with Gasteiger partial charge in [0.1, 0.15) is 17.7 Å². The summed E-state index contributed by atoms with van der Waals surface area (Å²) in [6, 6.07) is -1.41. The molecule has 2 fully saturated rings. The summed E-state index contributed by atoms with van der Waals surface area (Å²) in [5.41, 5.74) is -0.653. The SMILES string of the molecule is CSCC[C@H](NC(=O)OC(C)(C)C)C(=O)N1CCC(C(=O)N2CCC[C@@H]2C(=O)O)CC1. The van der Waals surface area contributed by atoms with E-state index >= 15 is 0 Å². The third-order valence-electron chi connectivity index (χ3n) is 5.58. The molecule has 0 unspecified atom stereocenters. The van der Waals surface area contributed by atoms with E-state index in [4.69, 9.17) is 4.74 Å². The maximum Gasteiger partial charge on any atom is 0.408 e. The van der Waals surface area contributed by atoms with Crippen molar-refractivity contribution < 1.29 is 29.0 Å². The number of likely N-dealkylation sites (tertiary alicyclic amines) is 2. The molecule has 9 nitrogen and oxygen atoms in total. The molecule has 0 aromatic carbocycles. The fourth-order valence-electron chi connectivity index (χ4n) is 4.03. The van der Waals surface area contributed by atoms with Crippen LogP contribution in [0, 0.1) is 5.92 Å². The number of thioether (sulfide) groups is 1. The molecule has 0 bridgehead atoms. The molecule has 0 spiro atoms. The van der Waals surface area contributed by atoms with E-state index in [2.05, 4.69) is 5.32 Å². The Morgan fingerprint density at radius 3 is 2.32 bits per heavy atom. The molecule has 3 amide bonds. The van der Waals surface area contributed by atoms with E-state index in [1.165, 1.54) is 4.90 Å². The standard InChI is InChI=1S/C21H35N3O6S/c1-21(2,3)30-20(29)22-15(9-13-31-4)18(26)23-11-7-14(8-12-23)17(25)24-10-5-6-16(24)19(27)28/h14-16H,5-13H2,1-4H3,(H,22,29)(H,27,28)/t15-,16+/m0/s1. The van der Waals surface area contributed by atoms with Crippen molar-refractivity contribution in [3.8, 4) is 0 Å². The highest BCUT2D eigenvalue weighted by Crippen LogP contribution is 2.26. The summed E-state index contributed by atoms with van der Waals surface area (Å²) in [5.74, 6) is -0.804. The van der Waals surface area contributed by atoms with Gasteiger partial charge in [0, 0.05) is 25.6 Å². The Kier molecular flexibility index (Phi) is 9.02. The third-order valence-corrected chi connectivity index (χ3v) is 6.22. The molecule has 0 aromatic rings. The first-order chi connectivity index (χ1) is 14.5. The molecule has 2 saturated heterocycles. The molecule has 0 radical (unpaired) electrons. The minimum atomic E-state index is -0.955. The molecular formula is C21H35N3O6S. The van der Waals surface area contributed by atoms with Crippen LogP contribution in [0.4, 0.5) is 4.79 Å². The molecule has 2 rings (SSSR count). The van der Waals surface area contributed by atoms with Crippen LogP contribution < -0.4 is 5.32 Å². The number of alkyl carbamates (subject to hydrolysis) is 1. The topological polar surface area (TPSA) is 116 Å². The van der Waals surface area contributed by atoms with Gasteiger partial charge in [-0.2, -0.15) is 11.8 Å². The number of aliphatic carboxylic acids is 1. The van der Waals surface area contributed by atoms with E-state index in [-0.39, 0.29) is 17.7 Å². The zero-order valence-corrected chi connectivity index (χ0v) is 19.7. The third kappa shape index (κ3) is 7.29. The van der Waals surface area contributed by atoms with Gasteiger partial charge in [-0.05, 0) is 64.9 Å². The van der Waals surface area contributed by atoms with E-state index in [1.54, 1.807) is 37.4 Å². The van der Waals surface area contributed by atoms with Gasteiger partial charge < -0.3 is 25.0 Å². The summed E-state index contributed by atoms with van der Waals surface area (Å²) < 4.78 is 5.29. The first kappa shape index (κ1) is 25.3. The van der Waals surface area contributed by atoms with Gasteiger partial charge in [0.15, 0.2) is 0 Å². The van der Waals surface area contributed by atoms with Crippen LogP contribution >= 0.6 is 11.8 Å². The minimum absolute atomic E-state index is 0.122. The quantitative estimate of drug-likeness (QED) is 0.600. The smallest absolute Gasteiger partial charge is 0.408 e. The Labute approximate surface area is 188 Å². The van der Waals surface area contributed by atoms with Crippen molar-refractivity contribution in [2.24, 2.45) is 5.92 Å². The highest BCUT2D eigenvalue weighted by molar-refractivity contribution is 7.98. The van der Waals surface area contributed by atoms with Gasteiger partial charge >= 0.3 is 12.1 Å². The number of hydrogen-bond donors (Lipinski definition) is 2. The molecule has 2 aliphatic rings. The fraction of sp³-hybridized carbons (Fsp3) is 0.810. The first-order valence-electron chi connectivity index (χ1n) is 10.8. The number of carbonyl (C=O) groups excluding carboxylic acids is 3.